The Morgan fingerprint density at radius 1 is 1.18 bits per heavy atom. The molecule has 0 bridgehead atoms. The number of thiocarbonyl (C=S) groups is 1. The van der Waals surface area contributed by atoms with Gasteiger partial charge >= 0.3 is 12.2 Å². The molecule has 10 nitrogen and oxygen atoms in total. The summed E-state index contributed by atoms with van der Waals surface area (Å²) in [6.45, 7) is 5.72. The number of imide groups is 1. The van der Waals surface area contributed by atoms with Gasteiger partial charge in [-0.3, -0.25) is 0 Å². The van der Waals surface area contributed by atoms with Gasteiger partial charge in [0.2, 0.25) is 0 Å². The summed E-state index contributed by atoms with van der Waals surface area (Å²) in [7, 11) is 3.53. The second kappa shape index (κ2) is 12.9. The van der Waals surface area contributed by atoms with E-state index in [4.69, 9.17) is 31.2 Å². The van der Waals surface area contributed by atoms with E-state index in [1.165, 1.54) is 0 Å². The van der Waals surface area contributed by atoms with Crippen LogP contribution in [0.15, 0.2) is 42.7 Å². The molecule has 0 unspecified atom stereocenters. The van der Waals surface area contributed by atoms with Crippen molar-refractivity contribution in [3.63, 3.8) is 0 Å². The number of carbonyl (C=O) groups excluding carboxylic acids is 2. The molecule has 186 valence electrons. The van der Waals surface area contributed by atoms with Crippen LogP contribution < -0.4 is 5.32 Å². The second-order valence-corrected chi connectivity index (χ2v) is 8.89. The number of amides is 2. The van der Waals surface area contributed by atoms with Crippen LogP contribution in [-0.2, 0) is 32.3 Å². The lowest BCUT2D eigenvalue weighted by Crippen LogP contribution is -2.37. The number of hydrogen-bond acceptors (Lipinski definition) is 8. The van der Waals surface area contributed by atoms with Crippen LogP contribution in [0.5, 0.6) is 0 Å². The minimum absolute atomic E-state index is 0.0485. The number of rotatable bonds is 9. The van der Waals surface area contributed by atoms with Gasteiger partial charge in [0.15, 0.2) is 11.9 Å². The van der Waals surface area contributed by atoms with Crippen LogP contribution in [0.4, 0.5) is 9.59 Å². The van der Waals surface area contributed by atoms with Crippen LogP contribution in [0.2, 0.25) is 0 Å². The standard InChI is InChI=1S/C23H32N4O6S/c1-23(2,3)33-21(29)25-20(28)31-14-11-18(32-22(34)26(4)5)19-24-12-13-27(19)16-30-15-17-9-7-6-8-10-17/h6-10,12-13,18H,11,14-16H2,1-5H3,(H,25,28,29)/t18-/m0/s1. The van der Waals surface area contributed by atoms with E-state index in [2.05, 4.69) is 4.98 Å². The molecule has 2 amide bonds. The lowest BCUT2D eigenvalue weighted by Gasteiger charge is -2.23. The van der Waals surface area contributed by atoms with Crippen molar-refractivity contribution in [2.24, 2.45) is 0 Å². The first-order valence-electron chi connectivity index (χ1n) is 10.7. The Labute approximate surface area is 205 Å². The first kappa shape index (κ1) is 27.1. The molecule has 0 fully saturated rings. The Kier molecular flexibility index (Phi) is 10.3. The number of aromatic nitrogens is 2. The van der Waals surface area contributed by atoms with E-state index in [1.807, 2.05) is 35.6 Å². The maximum Gasteiger partial charge on any atom is 0.417 e. The molecule has 2 rings (SSSR count). The molecule has 2 aromatic rings. The smallest absolute Gasteiger partial charge is 0.417 e. The molecule has 0 aliphatic rings. The van der Waals surface area contributed by atoms with E-state index in [0.717, 1.165) is 5.56 Å². The highest BCUT2D eigenvalue weighted by Gasteiger charge is 2.23. The first-order valence-corrected chi connectivity index (χ1v) is 11.1. The predicted octanol–water partition coefficient (Wildman–Crippen LogP) is 4.01. The molecule has 0 aliphatic carbocycles. The fourth-order valence-electron chi connectivity index (χ4n) is 2.70. The SMILES string of the molecule is CN(C)C(=S)O[C@@H](CCOC(=O)NC(=O)OC(C)(C)C)c1nccn1COCc1ccccc1. The third-order valence-corrected chi connectivity index (χ3v) is 4.66. The zero-order chi connectivity index (χ0) is 25.1. The number of hydrogen-bond donors (Lipinski definition) is 1. The third-order valence-electron chi connectivity index (χ3n) is 4.20. The van der Waals surface area contributed by atoms with Gasteiger partial charge in [-0.2, -0.15) is 0 Å². The van der Waals surface area contributed by atoms with Crippen molar-refractivity contribution >= 4 is 29.6 Å². The molecule has 1 heterocycles. The van der Waals surface area contributed by atoms with Gasteiger partial charge in [-0.15, -0.1) is 0 Å². The highest BCUT2D eigenvalue weighted by molar-refractivity contribution is 7.80. The lowest BCUT2D eigenvalue weighted by atomic mass is 10.2. The molecule has 1 N–H and O–H groups in total. The zero-order valence-corrected chi connectivity index (χ0v) is 21.0. The fourth-order valence-corrected chi connectivity index (χ4v) is 2.82. The normalized spacial score (nSPS) is 11.9. The van der Waals surface area contributed by atoms with E-state index < -0.39 is 23.9 Å². The van der Waals surface area contributed by atoms with Crippen LogP contribution in [0, 0.1) is 0 Å². The minimum atomic E-state index is -0.919. The van der Waals surface area contributed by atoms with Crippen molar-refractivity contribution in [3.05, 3.63) is 54.1 Å². The molecule has 1 aromatic carbocycles. The van der Waals surface area contributed by atoms with Crippen LogP contribution in [-0.4, -0.2) is 58.1 Å². The predicted molar refractivity (Wildman–Crippen MR) is 129 cm³/mol. The summed E-state index contributed by atoms with van der Waals surface area (Å²) in [5, 5.41) is 2.27. The number of ether oxygens (including phenoxy) is 4. The molecule has 0 saturated carbocycles. The van der Waals surface area contributed by atoms with E-state index >= 15 is 0 Å². The van der Waals surface area contributed by atoms with E-state index in [0.29, 0.717) is 12.4 Å². The minimum Gasteiger partial charge on any atom is -0.459 e. The maximum atomic E-state index is 11.9. The van der Waals surface area contributed by atoms with Crippen molar-refractivity contribution < 1.29 is 28.5 Å². The number of imidazole rings is 1. The summed E-state index contributed by atoms with van der Waals surface area (Å²) < 4.78 is 23.7. The van der Waals surface area contributed by atoms with Crippen molar-refractivity contribution in [2.45, 2.75) is 52.2 Å². The van der Waals surface area contributed by atoms with Gasteiger partial charge in [0.1, 0.15) is 12.3 Å². The molecule has 34 heavy (non-hydrogen) atoms. The summed E-state index contributed by atoms with van der Waals surface area (Å²) in [6, 6.07) is 9.81. The Balaban J connectivity index is 1.96. The van der Waals surface area contributed by atoms with Crippen molar-refractivity contribution in [3.8, 4) is 0 Å². The van der Waals surface area contributed by atoms with Crippen LogP contribution in [0.25, 0.3) is 0 Å². The summed E-state index contributed by atoms with van der Waals surface area (Å²) in [5.41, 5.74) is 0.320. The van der Waals surface area contributed by atoms with Gasteiger partial charge in [0.05, 0.1) is 13.2 Å². The van der Waals surface area contributed by atoms with E-state index in [9.17, 15) is 9.59 Å². The number of carbonyl (C=O) groups is 2. The maximum absolute atomic E-state index is 11.9. The molecule has 0 aliphatic heterocycles. The number of alkyl carbamates (subject to hydrolysis) is 2. The number of nitrogens with zero attached hydrogens (tertiary/aromatic N) is 3. The van der Waals surface area contributed by atoms with Crippen molar-refractivity contribution in [1.29, 1.82) is 0 Å². The van der Waals surface area contributed by atoms with Gasteiger partial charge in [-0.05, 0) is 38.6 Å². The van der Waals surface area contributed by atoms with Crippen LogP contribution in [0.1, 0.15) is 44.7 Å². The van der Waals surface area contributed by atoms with Crippen LogP contribution in [0.3, 0.4) is 0 Å². The average molecular weight is 493 g/mol. The number of nitrogens with one attached hydrogen (secondary N) is 1. The molecule has 0 radical (unpaired) electrons. The first-order chi connectivity index (χ1) is 16.0. The molecule has 1 atom stereocenters. The second-order valence-electron chi connectivity index (χ2n) is 8.54. The Bertz CT molecular complexity index is 942. The van der Waals surface area contributed by atoms with Gasteiger partial charge in [-0.25, -0.2) is 19.9 Å². The Morgan fingerprint density at radius 2 is 1.88 bits per heavy atom. The Morgan fingerprint density at radius 3 is 2.53 bits per heavy atom. The van der Waals surface area contributed by atoms with E-state index in [1.54, 1.807) is 56.7 Å². The van der Waals surface area contributed by atoms with E-state index in [-0.39, 0.29) is 24.9 Å². The molecular formula is C23H32N4O6S. The van der Waals surface area contributed by atoms with Gasteiger partial charge in [0, 0.05) is 32.9 Å². The monoisotopic (exact) mass is 492 g/mol. The molecule has 11 heteroatoms. The van der Waals surface area contributed by atoms with Crippen molar-refractivity contribution in [2.75, 3.05) is 20.7 Å². The van der Waals surface area contributed by atoms with Crippen LogP contribution >= 0.6 is 12.2 Å². The topological polar surface area (TPSA) is 104 Å². The summed E-state index contributed by atoms with van der Waals surface area (Å²) >= 11 is 5.29. The fraction of sp³-hybridized carbons (Fsp3) is 0.478. The van der Waals surface area contributed by atoms with Crippen molar-refractivity contribution in [1.82, 2.24) is 19.8 Å². The summed E-state index contributed by atoms with van der Waals surface area (Å²) in [6.07, 6.45) is 1.23. The lowest BCUT2D eigenvalue weighted by molar-refractivity contribution is 0.0466. The summed E-state index contributed by atoms with van der Waals surface area (Å²) in [4.78, 5) is 29.7. The van der Waals surface area contributed by atoms with Gasteiger partial charge in [0.25, 0.3) is 5.17 Å². The quantitative estimate of drug-likeness (QED) is 0.520. The number of benzene rings is 1. The van der Waals surface area contributed by atoms with Gasteiger partial charge in [-0.1, -0.05) is 30.3 Å². The Hall–Kier alpha value is -3.18. The third kappa shape index (κ3) is 9.75. The largest absolute Gasteiger partial charge is 0.459 e. The highest BCUT2D eigenvalue weighted by Crippen LogP contribution is 2.21. The van der Waals surface area contributed by atoms with Gasteiger partial charge < -0.3 is 28.4 Å². The zero-order valence-electron chi connectivity index (χ0n) is 20.1. The molecule has 0 spiro atoms. The average Bonchev–Trinajstić information content (AvgIpc) is 3.20. The summed E-state index contributed by atoms with van der Waals surface area (Å²) in [5.74, 6) is 0.563. The molecular weight excluding hydrogens is 460 g/mol. The highest BCUT2D eigenvalue weighted by atomic mass is 32.1. The molecule has 1 aromatic heterocycles. The molecule has 0 saturated heterocycles.